The van der Waals surface area contributed by atoms with E-state index in [2.05, 4.69) is 19.2 Å². The molecule has 2 rings (SSSR count). The zero-order valence-electron chi connectivity index (χ0n) is 13.0. The third kappa shape index (κ3) is 4.99. The van der Waals surface area contributed by atoms with E-state index >= 15 is 0 Å². The molecule has 0 bridgehead atoms. The summed E-state index contributed by atoms with van der Waals surface area (Å²) in [7, 11) is 0. The molecule has 0 amide bonds. The minimum absolute atomic E-state index is 0.120. The molecule has 0 aliphatic heterocycles. The molecule has 1 aromatic rings. The molecule has 1 atom stereocenters. The number of ether oxygens (including phenoxy) is 2. The Labute approximate surface area is 127 Å². The van der Waals surface area contributed by atoms with E-state index < -0.39 is 0 Å². The van der Waals surface area contributed by atoms with Gasteiger partial charge in [-0.1, -0.05) is 32.0 Å². The van der Waals surface area contributed by atoms with Crippen molar-refractivity contribution in [3.63, 3.8) is 0 Å². The fraction of sp³-hybridized carbons (Fsp3) is 0.647. The van der Waals surface area contributed by atoms with Gasteiger partial charge in [-0.05, 0) is 30.9 Å². The Morgan fingerprint density at radius 2 is 1.95 bits per heavy atom. The molecule has 1 fully saturated rings. The standard InChI is InChI=1S/C17H27NO3/c1-14(2)18-17(12-19,15-8-9-15)13-20-10-11-21-16-6-4-3-5-7-16/h3-7,14-15,18-19H,8-13H2,1-2H3. The van der Waals surface area contributed by atoms with Crippen LogP contribution in [0, 0.1) is 5.92 Å². The van der Waals surface area contributed by atoms with Crippen LogP contribution >= 0.6 is 0 Å². The Balaban J connectivity index is 1.72. The molecule has 1 aromatic carbocycles. The lowest BCUT2D eigenvalue weighted by atomic mass is 9.94. The number of rotatable bonds is 10. The molecule has 1 aliphatic carbocycles. The van der Waals surface area contributed by atoms with E-state index in [1.54, 1.807) is 0 Å². The molecular formula is C17H27NO3. The molecule has 0 spiro atoms. The fourth-order valence-corrected chi connectivity index (χ4v) is 2.70. The van der Waals surface area contributed by atoms with Gasteiger partial charge in [-0.25, -0.2) is 0 Å². The van der Waals surface area contributed by atoms with Gasteiger partial charge < -0.3 is 19.9 Å². The average Bonchev–Trinajstić information content (AvgIpc) is 3.31. The molecule has 1 saturated carbocycles. The minimum Gasteiger partial charge on any atom is -0.491 e. The lowest BCUT2D eigenvalue weighted by Crippen LogP contribution is -2.56. The number of hydrogen-bond acceptors (Lipinski definition) is 4. The average molecular weight is 293 g/mol. The zero-order chi connectivity index (χ0) is 15.1. The van der Waals surface area contributed by atoms with Gasteiger partial charge in [0.15, 0.2) is 0 Å². The SMILES string of the molecule is CC(C)NC(CO)(COCCOc1ccccc1)C1CC1. The highest BCUT2D eigenvalue weighted by Gasteiger charge is 2.45. The summed E-state index contributed by atoms with van der Waals surface area (Å²) in [4.78, 5) is 0. The third-order valence-electron chi connectivity index (χ3n) is 3.82. The Kier molecular flexibility index (Phi) is 6.03. The smallest absolute Gasteiger partial charge is 0.119 e. The largest absolute Gasteiger partial charge is 0.491 e. The molecule has 0 radical (unpaired) electrons. The molecule has 0 aromatic heterocycles. The van der Waals surface area contributed by atoms with Crippen LogP contribution in [-0.2, 0) is 4.74 Å². The molecule has 1 aliphatic rings. The Bertz CT molecular complexity index is 406. The van der Waals surface area contributed by atoms with Crippen LogP contribution in [0.4, 0.5) is 0 Å². The molecule has 4 heteroatoms. The maximum Gasteiger partial charge on any atom is 0.119 e. The van der Waals surface area contributed by atoms with Gasteiger partial charge in [0.2, 0.25) is 0 Å². The summed E-state index contributed by atoms with van der Waals surface area (Å²) < 4.78 is 11.4. The molecule has 21 heavy (non-hydrogen) atoms. The van der Waals surface area contributed by atoms with E-state index in [0.29, 0.717) is 31.8 Å². The molecule has 0 heterocycles. The fourth-order valence-electron chi connectivity index (χ4n) is 2.70. The van der Waals surface area contributed by atoms with Crippen molar-refractivity contribution < 1.29 is 14.6 Å². The third-order valence-corrected chi connectivity index (χ3v) is 3.82. The highest BCUT2D eigenvalue weighted by Crippen LogP contribution is 2.40. The quantitative estimate of drug-likeness (QED) is 0.650. The summed E-state index contributed by atoms with van der Waals surface area (Å²) in [5.41, 5.74) is -0.291. The number of aliphatic hydroxyl groups is 1. The van der Waals surface area contributed by atoms with E-state index in [1.165, 1.54) is 12.8 Å². The van der Waals surface area contributed by atoms with Crippen molar-refractivity contribution in [2.24, 2.45) is 5.92 Å². The lowest BCUT2D eigenvalue weighted by molar-refractivity contribution is 0.00950. The normalized spacial score (nSPS) is 17.7. The summed E-state index contributed by atoms with van der Waals surface area (Å²) in [5, 5.41) is 13.3. The first-order valence-corrected chi connectivity index (χ1v) is 7.80. The molecule has 2 N–H and O–H groups in total. The summed E-state index contributed by atoms with van der Waals surface area (Å²) in [6.45, 7) is 5.91. The van der Waals surface area contributed by atoms with Crippen LogP contribution in [-0.4, -0.2) is 43.1 Å². The van der Waals surface area contributed by atoms with E-state index in [0.717, 1.165) is 5.75 Å². The first kappa shape index (κ1) is 16.3. The van der Waals surface area contributed by atoms with Crippen LogP contribution < -0.4 is 10.1 Å². The maximum atomic E-state index is 9.80. The van der Waals surface area contributed by atoms with Crippen molar-refractivity contribution in [1.82, 2.24) is 5.32 Å². The number of hydrogen-bond donors (Lipinski definition) is 2. The highest BCUT2D eigenvalue weighted by atomic mass is 16.5. The maximum absolute atomic E-state index is 9.80. The number of benzene rings is 1. The molecule has 4 nitrogen and oxygen atoms in total. The van der Waals surface area contributed by atoms with E-state index in [4.69, 9.17) is 9.47 Å². The summed E-state index contributed by atoms with van der Waals surface area (Å²) in [6, 6.07) is 10.1. The summed E-state index contributed by atoms with van der Waals surface area (Å²) >= 11 is 0. The first-order chi connectivity index (χ1) is 10.2. The Hall–Kier alpha value is -1.10. The second-order valence-corrected chi connectivity index (χ2v) is 6.10. The van der Waals surface area contributed by atoms with Crippen molar-refractivity contribution in [3.8, 4) is 5.75 Å². The van der Waals surface area contributed by atoms with Crippen molar-refractivity contribution >= 4 is 0 Å². The van der Waals surface area contributed by atoms with Crippen molar-refractivity contribution in [2.45, 2.75) is 38.3 Å². The Morgan fingerprint density at radius 3 is 2.52 bits per heavy atom. The van der Waals surface area contributed by atoms with Crippen molar-refractivity contribution in [2.75, 3.05) is 26.4 Å². The zero-order valence-corrected chi connectivity index (χ0v) is 13.0. The van der Waals surface area contributed by atoms with Crippen LogP contribution in [0.3, 0.4) is 0 Å². The summed E-state index contributed by atoms with van der Waals surface area (Å²) in [6.07, 6.45) is 2.34. The Morgan fingerprint density at radius 1 is 1.24 bits per heavy atom. The summed E-state index contributed by atoms with van der Waals surface area (Å²) in [5.74, 6) is 1.39. The van der Waals surface area contributed by atoms with E-state index in [9.17, 15) is 5.11 Å². The van der Waals surface area contributed by atoms with Gasteiger partial charge in [0, 0.05) is 6.04 Å². The van der Waals surface area contributed by atoms with Gasteiger partial charge in [-0.3, -0.25) is 0 Å². The second-order valence-electron chi connectivity index (χ2n) is 6.10. The minimum atomic E-state index is -0.291. The first-order valence-electron chi connectivity index (χ1n) is 7.80. The van der Waals surface area contributed by atoms with Gasteiger partial charge in [0.1, 0.15) is 12.4 Å². The molecular weight excluding hydrogens is 266 g/mol. The van der Waals surface area contributed by atoms with Gasteiger partial charge in [-0.15, -0.1) is 0 Å². The molecule has 1 unspecified atom stereocenters. The van der Waals surface area contributed by atoms with Crippen LogP contribution in [0.1, 0.15) is 26.7 Å². The molecule has 118 valence electrons. The van der Waals surface area contributed by atoms with E-state index in [-0.39, 0.29) is 12.1 Å². The van der Waals surface area contributed by atoms with E-state index in [1.807, 2.05) is 30.3 Å². The van der Waals surface area contributed by atoms with Crippen LogP contribution in [0.5, 0.6) is 5.75 Å². The monoisotopic (exact) mass is 293 g/mol. The van der Waals surface area contributed by atoms with Crippen LogP contribution in [0.15, 0.2) is 30.3 Å². The predicted octanol–water partition coefficient (Wildman–Crippen LogP) is 2.22. The van der Waals surface area contributed by atoms with Crippen LogP contribution in [0.25, 0.3) is 0 Å². The highest BCUT2D eigenvalue weighted by molar-refractivity contribution is 5.20. The number of nitrogens with one attached hydrogen (secondary N) is 1. The topological polar surface area (TPSA) is 50.7 Å². The van der Waals surface area contributed by atoms with Crippen molar-refractivity contribution in [1.29, 1.82) is 0 Å². The van der Waals surface area contributed by atoms with Crippen molar-refractivity contribution in [3.05, 3.63) is 30.3 Å². The van der Waals surface area contributed by atoms with Gasteiger partial charge in [0.05, 0.1) is 25.4 Å². The van der Waals surface area contributed by atoms with Gasteiger partial charge in [-0.2, -0.15) is 0 Å². The van der Waals surface area contributed by atoms with Crippen LogP contribution in [0.2, 0.25) is 0 Å². The second kappa shape index (κ2) is 7.78. The van der Waals surface area contributed by atoms with Gasteiger partial charge in [0.25, 0.3) is 0 Å². The number of aliphatic hydroxyl groups excluding tert-OH is 1. The molecule has 0 saturated heterocycles. The van der Waals surface area contributed by atoms with Gasteiger partial charge >= 0.3 is 0 Å². The lowest BCUT2D eigenvalue weighted by Gasteiger charge is -2.35. The number of para-hydroxylation sites is 1. The predicted molar refractivity (Wildman–Crippen MR) is 83.6 cm³/mol.